The number of rotatable bonds is 3. The summed E-state index contributed by atoms with van der Waals surface area (Å²) in [6.45, 7) is 4.45. The van der Waals surface area contributed by atoms with Crippen molar-refractivity contribution in [2.24, 2.45) is 5.73 Å². The number of anilines is 1. The fourth-order valence-electron chi connectivity index (χ4n) is 2.29. The van der Waals surface area contributed by atoms with E-state index >= 15 is 0 Å². The SMILES string of the molecule is Cc1cccc(C)c1NC(=O)[C@@H]1CC[C@H](CN)O1. The summed E-state index contributed by atoms with van der Waals surface area (Å²) in [6.07, 6.45) is 1.27. The molecule has 3 N–H and O–H groups in total. The van der Waals surface area contributed by atoms with Crippen LogP contribution in [0.5, 0.6) is 0 Å². The molecule has 1 amide bonds. The lowest BCUT2D eigenvalue weighted by molar-refractivity contribution is -0.126. The van der Waals surface area contributed by atoms with Crippen LogP contribution >= 0.6 is 0 Å². The first-order valence-corrected chi connectivity index (χ1v) is 6.34. The Morgan fingerprint density at radius 3 is 2.61 bits per heavy atom. The number of carbonyl (C=O) groups is 1. The van der Waals surface area contributed by atoms with E-state index in [0.29, 0.717) is 6.54 Å². The molecule has 98 valence electrons. The van der Waals surface area contributed by atoms with E-state index in [1.165, 1.54) is 0 Å². The number of para-hydroxylation sites is 1. The van der Waals surface area contributed by atoms with Gasteiger partial charge in [0.25, 0.3) is 5.91 Å². The Kier molecular flexibility index (Phi) is 3.99. The summed E-state index contributed by atoms with van der Waals surface area (Å²) in [5.74, 6) is -0.0663. The zero-order valence-electron chi connectivity index (χ0n) is 10.9. The van der Waals surface area contributed by atoms with E-state index in [1.807, 2.05) is 32.0 Å². The Morgan fingerprint density at radius 1 is 1.39 bits per heavy atom. The van der Waals surface area contributed by atoms with Crippen LogP contribution in [0.2, 0.25) is 0 Å². The molecule has 4 nitrogen and oxygen atoms in total. The fraction of sp³-hybridized carbons (Fsp3) is 0.500. The minimum Gasteiger partial charge on any atom is -0.364 e. The average Bonchev–Trinajstić information content (AvgIpc) is 2.82. The molecule has 0 aromatic heterocycles. The van der Waals surface area contributed by atoms with Crippen molar-refractivity contribution in [3.05, 3.63) is 29.3 Å². The Balaban J connectivity index is 2.04. The van der Waals surface area contributed by atoms with Crippen LogP contribution in [0, 0.1) is 13.8 Å². The van der Waals surface area contributed by atoms with Gasteiger partial charge in [0.05, 0.1) is 6.10 Å². The Morgan fingerprint density at radius 2 is 2.06 bits per heavy atom. The third kappa shape index (κ3) is 2.71. The molecule has 2 atom stereocenters. The van der Waals surface area contributed by atoms with Gasteiger partial charge in [-0.3, -0.25) is 4.79 Å². The predicted octanol–water partition coefficient (Wildman–Crippen LogP) is 1.75. The largest absolute Gasteiger partial charge is 0.364 e. The average molecular weight is 248 g/mol. The van der Waals surface area contributed by atoms with Gasteiger partial charge in [0.2, 0.25) is 0 Å². The van der Waals surface area contributed by atoms with Crippen molar-refractivity contribution in [1.29, 1.82) is 0 Å². The summed E-state index contributed by atoms with van der Waals surface area (Å²) in [7, 11) is 0. The van der Waals surface area contributed by atoms with Crippen molar-refractivity contribution in [1.82, 2.24) is 0 Å². The predicted molar refractivity (Wildman–Crippen MR) is 71.5 cm³/mol. The number of amides is 1. The Labute approximate surface area is 108 Å². The molecule has 1 aliphatic rings. The van der Waals surface area contributed by atoms with Gasteiger partial charge in [-0.25, -0.2) is 0 Å². The highest BCUT2D eigenvalue weighted by atomic mass is 16.5. The van der Waals surface area contributed by atoms with Gasteiger partial charge in [-0.05, 0) is 37.8 Å². The Hall–Kier alpha value is -1.39. The highest BCUT2D eigenvalue weighted by molar-refractivity contribution is 5.95. The molecule has 0 radical (unpaired) electrons. The first-order chi connectivity index (χ1) is 8.61. The summed E-state index contributed by atoms with van der Waals surface area (Å²) >= 11 is 0. The minimum absolute atomic E-state index is 0.0266. The molecule has 0 saturated carbocycles. The quantitative estimate of drug-likeness (QED) is 0.856. The second kappa shape index (κ2) is 5.50. The number of benzene rings is 1. The first kappa shape index (κ1) is 13.1. The number of ether oxygens (including phenoxy) is 1. The molecule has 1 heterocycles. The fourth-order valence-corrected chi connectivity index (χ4v) is 2.29. The topological polar surface area (TPSA) is 64.4 Å². The smallest absolute Gasteiger partial charge is 0.253 e. The van der Waals surface area contributed by atoms with Crippen LogP contribution in [0.25, 0.3) is 0 Å². The lowest BCUT2D eigenvalue weighted by atomic mass is 10.1. The van der Waals surface area contributed by atoms with E-state index in [9.17, 15) is 4.79 Å². The van der Waals surface area contributed by atoms with Crippen molar-refractivity contribution in [2.75, 3.05) is 11.9 Å². The van der Waals surface area contributed by atoms with Gasteiger partial charge < -0.3 is 15.8 Å². The molecule has 1 fully saturated rings. The van der Waals surface area contributed by atoms with Crippen LogP contribution in [0.4, 0.5) is 5.69 Å². The molecule has 4 heteroatoms. The summed E-state index contributed by atoms with van der Waals surface area (Å²) < 4.78 is 5.59. The van der Waals surface area contributed by atoms with E-state index in [2.05, 4.69) is 5.32 Å². The van der Waals surface area contributed by atoms with Gasteiger partial charge in [-0.1, -0.05) is 18.2 Å². The maximum absolute atomic E-state index is 12.1. The van der Waals surface area contributed by atoms with Gasteiger partial charge in [0, 0.05) is 12.2 Å². The van der Waals surface area contributed by atoms with E-state index in [4.69, 9.17) is 10.5 Å². The summed E-state index contributed by atoms with van der Waals surface area (Å²) in [4.78, 5) is 12.1. The monoisotopic (exact) mass is 248 g/mol. The van der Waals surface area contributed by atoms with Crippen LogP contribution in [-0.2, 0) is 9.53 Å². The van der Waals surface area contributed by atoms with Gasteiger partial charge in [-0.2, -0.15) is 0 Å². The van der Waals surface area contributed by atoms with Gasteiger partial charge in [0.1, 0.15) is 6.10 Å². The zero-order chi connectivity index (χ0) is 13.1. The maximum atomic E-state index is 12.1. The summed E-state index contributed by atoms with van der Waals surface area (Å²) in [6, 6.07) is 5.96. The molecule has 1 aromatic carbocycles. The molecule has 0 spiro atoms. The highest BCUT2D eigenvalue weighted by Crippen LogP contribution is 2.23. The normalized spacial score (nSPS) is 23.1. The number of carbonyl (C=O) groups excluding carboxylic acids is 1. The zero-order valence-corrected chi connectivity index (χ0v) is 10.9. The van der Waals surface area contributed by atoms with Crippen molar-refractivity contribution in [2.45, 2.75) is 38.9 Å². The third-order valence-corrected chi connectivity index (χ3v) is 3.39. The summed E-state index contributed by atoms with van der Waals surface area (Å²) in [5.41, 5.74) is 8.56. The molecule has 1 saturated heterocycles. The van der Waals surface area contributed by atoms with Gasteiger partial charge in [-0.15, -0.1) is 0 Å². The van der Waals surface area contributed by atoms with Crippen molar-refractivity contribution in [3.8, 4) is 0 Å². The molecule has 0 aliphatic carbocycles. The number of aryl methyl sites for hydroxylation is 2. The first-order valence-electron chi connectivity index (χ1n) is 6.34. The van der Waals surface area contributed by atoms with Crippen molar-refractivity contribution >= 4 is 11.6 Å². The molecular formula is C14H20N2O2. The molecule has 18 heavy (non-hydrogen) atoms. The lowest BCUT2D eigenvalue weighted by Crippen LogP contribution is -2.30. The van der Waals surface area contributed by atoms with Crippen LogP contribution in [0.15, 0.2) is 18.2 Å². The van der Waals surface area contributed by atoms with Crippen LogP contribution < -0.4 is 11.1 Å². The molecule has 1 aliphatic heterocycles. The maximum Gasteiger partial charge on any atom is 0.253 e. The summed E-state index contributed by atoms with van der Waals surface area (Å²) in [5, 5.41) is 2.96. The molecule has 0 bridgehead atoms. The molecule has 1 aromatic rings. The third-order valence-electron chi connectivity index (χ3n) is 3.39. The van der Waals surface area contributed by atoms with E-state index < -0.39 is 0 Å². The highest BCUT2D eigenvalue weighted by Gasteiger charge is 2.30. The number of hydrogen-bond acceptors (Lipinski definition) is 3. The number of nitrogens with two attached hydrogens (primary N) is 1. The lowest BCUT2D eigenvalue weighted by Gasteiger charge is -2.15. The Bertz CT molecular complexity index is 425. The minimum atomic E-state index is -0.363. The van der Waals surface area contributed by atoms with E-state index in [1.54, 1.807) is 0 Å². The second-order valence-electron chi connectivity index (χ2n) is 4.82. The van der Waals surface area contributed by atoms with Gasteiger partial charge >= 0.3 is 0 Å². The van der Waals surface area contributed by atoms with Crippen molar-refractivity contribution in [3.63, 3.8) is 0 Å². The number of hydrogen-bond donors (Lipinski definition) is 2. The molecular weight excluding hydrogens is 228 g/mol. The van der Waals surface area contributed by atoms with E-state index in [-0.39, 0.29) is 18.1 Å². The van der Waals surface area contributed by atoms with Crippen LogP contribution in [0.3, 0.4) is 0 Å². The van der Waals surface area contributed by atoms with Gasteiger partial charge in [0.15, 0.2) is 0 Å². The van der Waals surface area contributed by atoms with E-state index in [0.717, 1.165) is 29.7 Å². The van der Waals surface area contributed by atoms with Crippen molar-refractivity contribution < 1.29 is 9.53 Å². The van der Waals surface area contributed by atoms with Crippen LogP contribution in [-0.4, -0.2) is 24.7 Å². The molecule has 0 unspecified atom stereocenters. The number of nitrogens with one attached hydrogen (secondary N) is 1. The molecule has 2 rings (SSSR count). The second-order valence-corrected chi connectivity index (χ2v) is 4.82. The van der Waals surface area contributed by atoms with Crippen LogP contribution in [0.1, 0.15) is 24.0 Å². The standard InChI is InChI=1S/C14H20N2O2/c1-9-4-3-5-10(2)13(9)16-14(17)12-7-6-11(8-15)18-12/h3-5,11-12H,6-8,15H2,1-2H3,(H,16,17)/t11-,12+/m1/s1.